The van der Waals surface area contributed by atoms with Crippen LogP contribution >= 0.6 is 11.3 Å². The summed E-state index contributed by atoms with van der Waals surface area (Å²) in [5.74, 6) is 1.91. The number of nitrogens with one attached hydrogen (secondary N) is 2. The standard InChI is InChI=1S/C19H29N7S/c1-14-6-5-7-17(22-14)26-10-8-15(9-11-26)23-18(20-2)21-12-16-13-27-19(24-16)25(3)4/h5-7,13,15H,8-12H2,1-4H3,(H2,20,21,23). The predicted octanol–water partition coefficient (Wildman–Crippen LogP) is 2.25. The fraction of sp³-hybridized carbons (Fsp3) is 0.526. The van der Waals surface area contributed by atoms with Crippen LogP contribution in [0.2, 0.25) is 0 Å². The van der Waals surface area contributed by atoms with Crippen LogP contribution in [0.4, 0.5) is 10.9 Å². The topological polar surface area (TPSA) is 68.7 Å². The van der Waals surface area contributed by atoms with Gasteiger partial charge in [0.15, 0.2) is 11.1 Å². The summed E-state index contributed by atoms with van der Waals surface area (Å²) in [4.78, 5) is 18.0. The number of guanidine groups is 1. The van der Waals surface area contributed by atoms with E-state index in [0.717, 1.165) is 54.2 Å². The van der Waals surface area contributed by atoms with E-state index in [1.54, 1.807) is 11.3 Å². The van der Waals surface area contributed by atoms with E-state index in [1.165, 1.54) is 0 Å². The van der Waals surface area contributed by atoms with Gasteiger partial charge in [-0.1, -0.05) is 6.07 Å². The van der Waals surface area contributed by atoms with Gasteiger partial charge in [-0.15, -0.1) is 11.3 Å². The summed E-state index contributed by atoms with van der Waals surface area (Å²) in [6.07, 6.45) is 2.13. The molecular weight excluding hydrogens is 358 g/mol. The number of nitrogens with zero attached hydrogens (tertiary/aromatic N) is 5. The summed E-state index contributed by atoms with van der Waals surface area (Å²) in [7, 11) is 5.83. The van der Waals surface area contributed by atoms with Gasteiger partial charge in [0.25, 0.3) is 0 Å². The van der Waals surface area contributed by atoms with E-state index in [4.69, 9.17) is 0 Å². The van der Waals surface area contributed by atoms with Crippen molar-refractivity contribution in [2.24, 2.45) is 4.99 Å². The number of anilines is 2. The highest BCUT2D eigenvalue weighted by Crippen LogP contribution is 2.19. The molecule has 3 heterocycles. The second kappa shape index (κ2) is 9.03. The number of aromatic nitrogens is 2. The Bertz CT molecular complexity index is 763. The number of pyridine rings is 1. The molecule has 0 unspecified atom stereocenters. The van der Waals surface area contributed by atoms with Gasteiger partial charge >= 0.3 is 0 Å². The molecule has 27 heavy (non-hydrogen) atoms. The van der Waals surface area contributed by atoms with E-state index >= 15 is 0 Å². The molecule has 0 aromatic carbocycles. The van der Waals surface area contributed by atoms with Gasteiger partial charge in [-0.2, -0.15) is 0 Å². The summed E-state index contributed by atoms with van der Waals surface area (Å²) in [5, 5.41) is 10.0. The third-order valence-corrected chi connectivity index (χ3v) is 5.67. The van der Waals surface area contributed by atoms with Crippen LogP contribution in [0.3, 0.4) is 0 Å². The lowest BCUT2D eigenvalue weighted by Gasteiger charge is -2.34. The summed E-state index contributed by atoms with van der Waals surface area (Å²) in [6.45, 7) is 4.72. The van der Waals surface area contributed by atoms with Crippen molar-refractivity contribution in [1.29, 1.82) is 0 Å². The molecule has 0 spiro atoms. The molecule has 2 aromatic rings. The Hall–Kier alpha value is -2.35. The molecule has 1 saturated heterocycles. The lowest BCUT2D eigenvalue weighted by molar-refractivity contribution is 0.459. The Kier molecular flexibility index (Phi) is 6.49. The van der Waals surface area contributed by atoms with Gasteiger partial charge < -0.3 is 20.4 Å². The van der Waals surface area contributed by atoms with Gasteiger partial charge in [0, 0.05) is 51.3 Å². The van der Waals surface area contributed by atoms with Gasteiger partial charge in [-0.05, 0) is 31.9 Å². The van der Waals surface area contributed by atoms with Gasteiger partial charge in [-0.25, -0.2) is 9.97 Å². The maximum Gasteiger partial charge on any atom is 0.191 e. The number of thiazole rings is 1. The average molecular weight is 388 g/mol. The van der Waals surface area contributed by atoms with E-state index in [9.17, 15) is 0 Å². The van der Waals surface area contributed by atoms with Crippen LogP contribution in [-0.4, -0.2) is 56.2 Å². The SMILES string of the molecule is CN=C(NCc1csc(N(C)C)n1)NC1CCN(c2cccc(C)n2)CC1. The van der Waals surface area contributed by atoms with Crippen molar-refractivity contribution < 1.29 is 0 Å². The molecule has 1 aliphatic heterocycles. The van der Waals surface area contributed by atoms with Gasteiger partial charge in [0.05, 0.1) is 12.2 Å². The zero-order valence-corrected chi connectivity index (χ0v) is 17.4. The number of hydrogen-bond acceptors (Lipinski definition) is 6. The van der Waals surface area contributed by atoms with Crippen LogP contribution in [0.1, 0.15) is 24.2 Å². The molecule has 2 aromatic heterocycles. The van der Waals surface area contributed by atoms with E-state index in [-0.39, 0.29) is 0 Å². The molecule has 0 bridgehead atoms. The molecule has 1 aliphatic rings. The molecule has 0 aliphatic carbocycles. The van der Waals surface area contributed by atoms with Crippen LogP contribution in [0.25, 0.3) is 0 Å². The highest BCUT2D eigenvalue weighted by Gasteiger charge is 2.21. The van der Waals surface area contributed by atoms with E-state index < -0.39 is 0 Å². The van der Waals surface area contributed by atoms with E-state index in [1.807, 2.05) is 39.0 Å². The Morgan fingerprint density at radius 1 is 1.30 bits per heavy atom. The van der Waals surface area contributed by atoms with Crippen molar-refractivity contribution in [2.75, 3.05) is 44.0 Å². The molecule has 7 nitrogen and oxygen atoms in total. The Balaban J connectivity index is 1.46. The quantitative estimate of drug-likeness (QED) is 0.606. The molecule has 2 N–H and O–H groups in total. The summed E-state index contributed by atoms with van der Waals surface area (Å²) in [5.41, 5.74) is 2.10. The maximum atomic E-state index is 4.64. The molecular formula is C19H29N7S. The van der Waals surface area contributed by atoms with Crippen molar-refractivity contribution in [1.82, 2.24) is 20.6 Å². The normalized spacial score (nSPS) is 15.7. The molecule has 0 amide bonds. The zero-order valence-electron chi connectivity index (χ0n) is 16.6. The predicted molar refractivity (Wildman–Crippen MR) is 114 cm³/mol. The smallest absolute Gasteiger partial charge is 0.191 e. The minimum atomic E-state index is 0.421. The van der Waals surface area contributed by atoms with Crippen LogP contribution in [-0.2, 0) is 6.54 Å². The molecule has 146 valence electrons. The fourth-order valence-electron chi connectivity index (χ4n) is 3.10. The van der Waals surface area contributed by atoms with Crippen molar-refractivity contribution in [3.63, 3.8) is 0 Å². The lowest BCUT2D eigenvalue weighted by Crippen LogP contribution is -2.48. The highest BCUT2D eigenvalue weighted by molar-refractivity contribution is 7.13. The molecule has 1 fully saturated rings. The minimum Gasteiger partial charge on any atom is -0.356 e. The Morgan fingerprint density at radius 3 is 2.70 bits per heavy atom. The van der Waals surface area contributed by atoms with Gasteiger partial charge in [0.1, 0.15) is 5.82 Å². The van der Waals surface area contributed by atoms with Crippen molar-refractivity contribution in [3.8, 4) is 0 Å². The summed E-state index contributed by atoms with van der Waals surface area (Å²) >= 11 is 1.65. The summed E-state index contributed by atoms with van der Waals surface area (Å²) in [6, 6.07) is 6.63. The van der Waals surface area contributed by atoms with Crippen molar-refractivity contribution in [2.45, 2.75) is 32.4 Å². The number of aryl methyl sites for hydroxylation is 1. The lowest BCUT2D eigenvalue weighted by atomic mass is 10.1. The number of piperidine rings is 1. The van der Waals surface area contributed by atoms with E-state index in [2.05, 4.69) is 48.0 Å². The number of hydrogen-bond donors (Lipinski definition) is 2. The van der Waals surface area contributed by atoms with Crippen LogP contribution in [0, 0.1) is 6.92 Å². The summed E-state index contributed by atoms with van der Waals surface area (Å²) < 4.78 is 0. The average Bonchev–Trinajstić information content (AvgIpc) is 3.15. The monoisotopic (exact) mass is 387 g/mol. The third kappa shape index (κ3) is 5.32. The maximum absolute atomic E-state index is 4.64. The van der Waals surface area contributed by atoms with Crippen molar-refractivity contribution >= 4 is 28.2 Å². The van der Waals surface area contributed by atoms with Gasteiger partial charge in [-0.3, -0.25) is 4.99 Å². The Morgan fingerprint density at radius 2 is 2.07 bits per heavy atom. The Labute approximate surface area is 165 Å². The van der Waals surface area contributed by atoms with Crippen LogP contribution in [0.5, 0.6) is 0 Å². The molecule has 8 heteroatoms. The van der Waals surface area contributed by atoms with Crippen LogP contribution < -0.4 is 20.4 Å². The number of rotatable bonds is 5. The second-order valence-electron chi connectivity index (χ2n) is 6.98. The minimum absolute atomic E-state index is 0.421. The fourth-order valence-corrected chi connectivity index (χ4v) is 3.86. The first kappa shape index (κ1) is 19.4. The third-order valence-electron chi connectivity index (χ3n) is 4.62. The van der Waals surface area contributed by atoms with Crippen molar-refractivity contribution in [3.05, 3.63) is 35.0 Å². The zero-order chi connectivity index (χ0) is 19.2. The highest BCUT2D eigenvalue weighted by atomic mass is 32.1. The first-order valence-electron chi connectivity index (χ1n) is 9.32. The molecule has 0 saturated carbocycles. The second-order valence-corrected chi connectivity index (χ2v) is 7.82. The van der Waals surface area contributed by atoms with E-state index in [0.29, 0.717) is 12.6 Å². The molecule has 3 rings (SSSR count). The number of aliphatic imine (C=N–C) groups is 1. The first-order valence-corrected chi connectivity index (χ1v) is 10.2. The largest absolute Gasteiger partial charge is 0.356 e. The first-order chi connectivity index (χ1) is 13.0. The van der Waals surface area contributed by atoms with Crippen LogP contribution in [0.15, 0.2) is 28.6 Å². The van der Waals surface area contributed by atoms with Gasteiger partial charge in [0.2, 0.25) is 0 Å². The molecule has 0 radical (unpaired) electrons. The molecule has 0 atom stereocenters.